The third-order valence-corrected chi connectivity index (χ3v) is 5.88. The fourth-order valence-corrected chi connectivity index (χ4v) is 4.22. The standard InChI is InChI=1S/C26H22ClFN2O3/c1-17-4-2-6-19(14-17)25(32)29(13-12-18-5-3-7-20(27)15-18)23-16-24(31)30(26(23)33)22-10-8-21(28)9-11-22/h2-11,14-15,23H,12-13,16H2,1H3. The lowest BCUT2D eigenvalue weighted by molar-refractivity contribution is -0.122. The summed E-state index contributed by atoms with van der Waals surface area (Å²) in [5, 5.41) is 0.582. The van der Waals surface area contributed by atoms with Crippen molar-refractivity contribution in [2.75, 3.05) is 11.4 Å². The molecule has 3 aromatic rings. The molecule has 0 aromatic heterocycles. The highest BCUT2D eigenvalue weighted by molar-refractivity contribution is 6.30. The summed E-state index contributed by atoms with van der Waals surface area (Å²) < 4.78 is 13.3. The number of hydrogen-bond acceptors (Lipinski definition) is 3. The molecule has 1 heterocycles. The Hall–Kier alpha value is -3.51. The van der Waals surface area contributed by atoms with Gasteiger partial charge >= 0.3 is 0 Å². The molecule has 3 amide bonds. The van der Waals surface area contributed by atoms with Crippen LogP contribution in [0.1, 0.15) is 27.9 Å². The van der Waals surface area contributed by atoms with Crippen LogP contribution in [0.3, 0.4) is 0 Å². The van der Waals surface area contributed by atoms with Gasteiger partial charge in [0.1, 0.15) is 11.9 Å². The molecule has 7 heteroatoms. The first-order chi connectivity index (χ1) is 15.8. The SMILES string of the molecule is Cc1cccc(C(=O)N(CCc2cccc(Cl)c2)C2CC(=O)N(c3ccc(F)cc3)C2=O)c1. The van der Waals surface area contributed by atoms with E-state index >= 15 is 0 Å². The predicted octanol–water partition coefficient (Wildman–Crippen LogP) is 4.80. The molecule has 0 bridgehead atoms. The molecule has 1 aliphatic rings. The Morgan fingerprint density at radius 1 is 1.06 bits per heavy atom. The Balaban J connectivity index is 1.64. The van der Waals surface area contributed by atoms with E-state index in [4.69, 9.17) is 11.6 Å². The lowest BCUT2D eigenvalue weighted by atomic mass is 10.1. The van der Waals surface area contributed by atoms with Gasteiger partial charge in [-0.2, -0.15) is 0 Å². The van der Waals surface area contributed by atoms with Crippen LogP contribution in [0, 0.1) is 12.7 Å². The number of amides is 3. The maximum Gasteiger partial charge on any atom is 0.257 e. The molecule has 1 unspecified atom stereocenters. The first kappa shape index (κ1) is 22.7. The van der Waals surface area contributed by atoms with Crippen LogP contribution in [0.5, 0.6) is 0 Å². The van der Waals surface area contributed by atoms with Gasteiger partial charge in [0.15, 0.2) is 0 Å². The van der Waals surface area contributed by atoms with Crippen molar-refractivity contribution in [3.05, 3.63) is 100 Å². The zero-order valence-corrected chi connectivity index (χ0v) is 18.8. The number of hydrogen-bond donors (Lipinski definition) is 0. The molecule has 4 rings (SSSR count). The number of carbonyl (C=O) groups is 3. The van der Waals surface area contributed by atoms with E-state index in [1.165, 1.54) is 29.2 Å². The summed E-state index contributed by atoms with van der Waals surface area (Å²) in [6, 6.07) is 18.6. The highest BCUT2D eigenvalue weighted by atomic mass is 35.5. The van der Waals surface area contributed by atoms with E-state index in [2.05, 4.69) is 0 Å². The molecule has 5 nitrogen and oxygen atoms in total. The second-order valence-electron chi connectivity index (χ2n) is 8.01. The van der Waals surface area contributed by atoms with Gasteiger partial charge in [0.2, 0.25) is 5.91 Å². The number of imide groups is 1. The van der Waals surface area contributed by atoms with Crippen molar-refractivity contribution in [1.29, 1.82) is 0 Å². The highest BCUT2D eigenvalue weighted by Gasteiger charge is 2.44. The van der Waals surface area contributed by atoms with E-state index in [9.17, 15) is 18.8 Å². The predicted molar refractivity (Wildman–Crippen MR) is 125 cm³/mol. The lowest BCUT2D eigenvalue weighted by Gasteiger charge is -2.28. The van der Waals surface area contributed by atoms with Gasteiger partial charge in [-0.05, 0) is 67.4 Å². The molecular formula is C26H22ClFN2O3. The number of benzene rings is 3. The Labute approximate surface area is 196 Å². The molecule has 1 aliphatic heterocycles. The van der Waals surface area contributed by atoms with E-state index < -0.39 is 23.7 Å². The maximum absolute atomic E-state index is 13.5. The first-order valence-electron chi connectivity index (χ1n) is 10.6. The largest absolute Gasteiger partial charge is 0.326 e. The molecule has 0 spiro atoms. The number of aryl methyl sites for hydroxylation is 1. The molecule has 1 saturated heterocycles. The van der Waals surface area contributed by atoms with Crippen LogP contribution in [0.15, 0.2) is 72.8 Å². The van der Waals surface area contributed by atoms with Gasteiger partial charge in [-0.15, -0.1) is 0 Å². The van der Waals surface area contributed by atoms with Crippen molar-refractivity contribution in [3.8, 4) is 0 Å². The van der Waals surface area contributed by atoms with Crippen molar-refractivity contribution >= 4 is 35.0 Å². The molecule has 1 atom stereocenters. The molecule has 1 fully saturated rings. The normalized spacial score (nSPS) is 15.7. The zero-order valence-electron chi connectivity index (χ0n) is 18.0. The van der Waals surface area contributed by atoms with Crippen molar-refractivity contribution < 1.29 is 18.8 Å². The van der Waals surface area contributed by atoms with E-state index in [0.29, 0.717) is 17.0 Å². The smallest absolute Gasteiger partial charge is 0.257 e. The molecular weight excluding hydrogens is 443 g/mol. The van der Waals surface area contributed by atoms with Crippen molar-refractivity contribution in [3.63, 3.8) is 0 Å². The van der Waals surface area contributed by atoms with Crippen LogP contribution in [0.4, 0.5) is 10.1 Å². The highest BCUT2D eigenvalue weighted by Crippen LogP contribution is 2.27. The third kappa shape index (κ3) is 4.96. The lowest BCUT2D eigenvalue weighted by Crippen LogP contribution is -2.46. The van der Waals surface area contributed by atoms with E-state index in [0.717, 1.165) is 16.0 Å². The molecule has 0 aliphatic carbocycles. The first-order valence-corrected chi connectivity index (χ1v) is 11.0. The second-order valence-corrected chi connectivity index (χ2v) is 8.45. The summed E-state index contributed by atoms with van der Waals surface area (Å²) in [5.41, 5.74) is 2.56. The maximum atomic E-state index is 13.5. The van der Waals surface area contributed by atoms with E-state index in [1.54, 1.807) is 24.3 Å². The van der Waals surface area contributed by atoms with Crippen LogP contribution >= 0.6 is 11.6 Å². The Kier molecular flexibility index (Phi) is 6.56. The third-order valence-electron chi connectivity index (χ3n) is 5.64. The van der Waals surface area contributed by atoms with Crippen molar-refractivity contribution in [1.82, 2.24) is 4.90 Å². The average Bonchev–Trinajstić information content (AvgIpc) is 3.08. The summed E-state index contributed by atoms with van der Waals surface area (Å²) >= 11 is 6.09. The van der Waals surface area contributed by atoms with Crippen LogP contribution in [0.2, 0.25) is 5.02 Å². The minimum Gasteiger partial charge on any atom is -0.326 e. The van der Waals surface area contributed by atoms with Gasteiger partial charge in [0.05, 0.1) is 12.1 Å². The molecule has 0 N–H and O–H groups in total. The van der Waals surface area contributed by atoms with Crippen LogP contribution in [-0.4, -0.2) is 35.2 Å². The number of nitrogens with zero attached hydrogens (tertiary/aromatic N) is 2. The quantitative estimate of drug-likeness (QED) is 0.492. The van der Waals surface area contributed by atoms with Gasteiger partial charge in [-0.25, -0.2) is 9.29 Å². The molecule has 0 radical (unpaired) electrons. The van der Waals surface area contributed by atoms with E-state index in [1.807, 2.05) is 31.2 Å². The summed E-state index contributed by atoms with van der Waals surface area (Å²) in [4.78, 5) is 42.0. The second kappa shape index (κ2) is 9.55. The number of halogens is 2. The van der Waals surface area contributed by atoms with Crippen molar-refractivity contribution in [2.45, 2.75) is 25.8 Å². The van der Waals surface area contributed by atoms with Gasteiger partial charge in [0.25, 0.3) is 11.8 Å². The summed E-state index contributed by atoms with van der Waals surface area (Å²) in [5.74, 6) is -1.72. The molecule has 33 heavy (non-hydrogen) atoms. The average molecular weight is 465 g/mol. The number of anilines is 1. The van der Waals surface area contributed by atoms with Crippen molar-refractivity contribution in [2.24, 2.45) is 0 Å². The summed E-state index contributed by atoms with van der Waals surface area (Å²) in [7, 11) is 0. The van der Waals surface area contributed by atoms with Gasteiger partial charge in [-0.1, -0.05) is 41.4 Å². The van der Waals surface area contributed by atoms with Crippen LogP contribution in [0.25, 0.3) is 0 Å². The minimum atomic E-state index is -0.949. The summed E-state index contributed by atoms with van der Waals surface area (Å²) in [6.07, 6.45) is 0.329. The van der Waals surface area contributed by atoms with Gasteiger partial charge in [-0.3, -0.25) is 14.4 Å². The fourth-order valence-electron chi connectivity index (χ4n) is 4.01. The minimum absolute atomic E-state index is 0.136. The van der Waals surface area contributed by atoms with E-state index in [-0.39, 0.29) is 24.6 Å². The Morgan fingerprint density at radius 2 is 1.79 bits per heavy atom. The zero-order chi connectivity index (χ0) is 23.5. The molecule has 0 saturated carbocycles. The monoisotopic (exact) mass is 464 g/mol. The Bertz CT molecular complexity index is 1210. The number of carbonyl (C=O) groups excluding carboxylic acids is 3. The molecule has 168 valence electrons. The van der Waals surface area contributed by atoms with Gasteiger partial charge in [0, 0.05) is 17.1 Å². The van der Waals surface area contributed by atoms with Crippen LogP contribution in [-0.2, 0) is 16.0 Å². The van der Waals surface area contributed by atoms with Crippen LogP contribution < -0.4 is 4.90 Å². The van der Waals surface area contributed by atoms with Gasteiger partial charge < -0.3 is 4.90 Å². The topological polar surface area (TPSA) is 57.7 Å². The molecule has 3 aromatic carbocycles. The summed E-state index contributed by atoms with van der Waals surface area (Å²) in [6.45, 7) is 2.11. The number of rotatable bonds is 6. The fraction of sp³-hybridized carbons (Fsp3) is 0.192. The Morgan fingerprint density at radius 3 is 2.48 bits per heavy atom.